The second kappa shape index (κ2) is 5.97. The van der Waals surface area contributed by atoms with Crippen LogP contribution < -0.4 is 5.32 Å². The maximum absolute atomic E-state index is 13.1. The monoisotopic (exact) mass is 302 g/mol. The van der Waals surface area contributed by atoms with Gasteiger partial charge in [-0.05, 0) is 42.5 Å². The lowest BCUT2D eigenvalue weighted by Gasteiger charge is -2.03. The van der Waals surface area contributed by atoms with E-state index in [9.17, 15) is 4.39 Å². The van der Waals surface area contributed by atoms with Crippen molar-refractivity contribution in [2.24, 2.45) is 0 Å². The van der Waals surface area contributed by atoms with Crippen molar-refractivity contribution in [1.29, 1.82) is 0 Å². The maximum atomic E-state index is 13.1. The molecule has 0 saturated heterocycles. The lowest BCUT2D eigenvalue weighted by atomic mass is 10.2. The van der Waals surface area contributed by atoms with Crippen LogP contribution in [-0.4, -0.2) is 4.98 Å². The van der Waals surface area contributed by atoms with Crippen molar-refractivity contribution in [1.82, 2.24) is 4.98 Å². The number of nitrogens with zero attached hydrogens (tertiary/aromatic N) is 1. The molecule has 106 valence electrons. The van der Waals surface area contributed by atoms with Gasteiger partial charge in [0.1, 0.15) is 5.82 Å². The Morgan fingerprint density at radius 2 is 1.95 bits per heavy atom. The van der Waals surface area contributed by atoms with E-state index in [2.05, 4.69) is 10.3 Å². The first-order valence-electron chi connectivity index (χ1n) is 6.41. The molecule has 0 spiro atoms. The average Bonchev–Trinajstić information content (AvgIpc) is 2.95. The van der Waals surface area contributed by atoms with Crippen molar-refractivity contribution < 1.29 is 8.81 Å². The van der Waals surface area contributed by atoms with E-state index in [0.717, 1.165) is 5.56 Å². The molecule has 0 aliphatic carbocycles. The van der Waals surface area contributed by atoms with Crippen LogP contribution in [0.25, 0.3) is 11.3 Å². The molecule has 3 aromatic rings. The Morgan fingerprint density at radius 1 is 1.14 bits per heavy atom. The van der Waals surface area contributed by atoms with Gasteiger partial charge in [-0.25, -0.2) is 9.37 Å². The van der Waals surface area contributed by atoms with Crippen molar-refractivity contribution in [3.05, 3.63) is 71.5 Å². The third-order valence-corrected chi connectivity index (χ3v) is 3.20. The zero-order chi connectivity index (χ0) is 14.7. The molecule has 3 nitrogen and oxygen atoms in total. The van der Waals surface area contributed by atoms with E-state index in [4.69, 9.17) is 16.0 Å². The number of oxazole rings is 1. The smallest absolute Gasteiger partial charge is 0.214 e. The van der Waals surface area contributed by atoms with E-state index in [-0.39, 0.29) is 5.82 Å². The van der Waals surface area contributed by atoms with E-state index in [1.54, 1.807) is 30.5 Å². The third-order valence-electron chi connectivity index (χ3n) is 2.95. The van der Waals surface area contributed by atoms with Gasteiger partial charge in [-0.3, -0.25) is 0 Å². The largest absolute Gasteiger partial charge is 0.439 e. The summed E-state index contributed by atoms with van der Waals surface area (Å²) in [7, 11) is 0. The predicted molar refractivity (Wildman–Crippen MR) is 80.7 cm³/mol. The maximum Gasteiger partial charge on any atom is 0.214 e. The first-order valence-corrected chi connectivity index (χ1v) is 6.78. The average molecular weight is 303 g/mol. The standard InChI is InChI=1S/C16H12ClFN2O/c17-12-6-4-11(5-7-12)15-9-20-16(21-15)10-19-14-3-1-2-13(18)8-14/h1-9,19H,10H2. The minimum absolute atomic E-state index is 0.283. The molecular weight excluding hydrogens is 291 g/mol. The summed E-state index contributed by atoms with van der Waals surface area (Å²) in [5.41, 5.74) is 1.59. The highest BCUT2D eigenvalue weighted by Gasteiger charge is 2.06. The summed E-state index contributed by atoms with van der Waals surface area (Å²) in [5.74, 6) is 0.918. The molecule has 0 unspecified atom stereocenters. The minimum Gasteiger partial charge on any atom is -0.439 e. The van der Waals surface area contributed by atoms with Crippen LogP contribution >= 0.6 is 11.6 Å². The van der Waals surface area contributed by atoms with Gasteiger partial charge in [0.25, 0.3) is 0 Å². The van der Waals surface area contributed by atoms with E-state index in [1.807, 2.05) is 12.1 Å². The van der Waals surface area contributed by atoms with Crippen LogP contribution in [0.1, 0.15) is 5.89 Å². The third kappa shape index (κ3) is 3.41. The fourth-order valence-corrected chi connectivity index (χ4v) is 2.04. The Bertz CT molecular complexity index is 740. The predicted octanol–water partition coefficient (Wildman–Crippen LogP) is 4.75. The Kier molecular flexibility index (Phi) is 3.88. The number of benzene rings is 2. The first-order chi connectivity index (χ1) is 10.2. The van der Waals surface area contributed by atoms with Crippen LogP contribution in [0.2, 0.25) is 5.02 Å². The molecule has 0 aliphatic heterocycles. The lowest BCUT2D eigenvalue weighted by molar-refractivity contribution is 0.516. The van der Waals surface area contributed by atoms with Crippen molar-refractivity contribution in [2.75, 3.05) is 5.32 Å². The van der Waals surface area contributed by atoms with E-state index in [0.29, 0.717) is 28.9 Å². The molecule has 0 atom stereocenters. The number of halogens is 2. The quantitative estimate of drug-likeness (QED) is 0.756. The lowest BCUT2D eigenvalue weighted by Crippen LogP contribution is -1.99. The van der Waals surface area contributed by atoms with Gasteiger partial charge in [0.2, 0.25) is 5.89 Å². The zero-order valence-corrected chi connectivity index (χ0v) is 11.8. The van der Waals surface area contributed by atoms with Gasteiger partial charge >= 0.3 is 0 Å². The van der Waals surface area contributed by atoms with E-state index >= 15 is 0 Å². The Morgan fingerprint density at radius 3 is 2.71 bits per heavy atom. The summed E-state index contributed by atoms with van der Waals surface area (Å²) in [6, 6.07) is 13.6. The van der Waals surface area contributed by atoms with Crippen molar-refractivity contribution >= 4 is 17.3 Å². The molecule has 0 aliphatic rings. The number of hydrogen-bond acceptors (Lipinski definition) is 3. The fraction of sp³-hybridized carbons (Fsp3) is 0.0625. The number of anilines is 1. The second-order valence-corrected chi connectivity index (χ2v) is 4.93. The normalized spacial score (nSPS) is 10.6. The molecule has 2 aromatic carbocycles. The van der Waals surface area contributed by atoms with Crippen molar-refractivity contribution in [2.45, 2.75) is 6.54 Å². The van der Waals surface area contributed by atoms with Gasteiger partial charge in [0.05, 0.1) is 12.7 Å². The van der Waals surface area contributed by atoms with Gasteiger partial charge in [0.15, 0.2) is 5.76 Å². The molecule has 0 saturated carbocycles. The molecule has 1 heterocycles. The van der Waals surface area contributed by atoms with Crippen molar-refractivity contribution in [3.8, 4) is 11.3 Å². The van der Waals surface area contributed by atoms with E-state index < -0.39 is 0 Å². The van der Waals surface area contributed by atoms with Crippen LogP contribution in [0.5, 0.6) is 0 Å². The molecule has 0 bridgehead atoms. The molecule has 3 rings (SSSR count). The topological polar surface area (TPSA) is 38.1 Å². The van der Waals surface area contributed by atoms with Crippen LogP contribution in [0.15, 0.2) is 59.1 Å². The summed E-state index contributed by atoms with van der Waals surface area (Å²) < 4.78 is 18.7. The van der Waals surface area contributed by atoms with Gasteiger partial charge in [-0.1, -0.05) is 17.7 Å². The highest BCUT2D eigenvalue weighted by atomic mass is 35.5. The molecule has 5 heteroatoms. The number of aromatic nitrogens is 1. The summed E-state index contributed by atoms with van der Waals surface area (Å²) in [6.45, 7) is 0.386. The van der Waals surface area contributed by atoms with Gasteiger partial charge in [-0.15, -0.1) is 0 Å². The highest BCUT2D eigenvalue weighted by Crippen LogP contribution is 2.22. The van der Waals surface area contributed by atoms with Gasteiger partial charge in [-0.2, -0.15) is 0 Å². The number of nitrogens with one attached hydrogen (secondary N) is 1. The summed E-state index contributed by atoms with van der Waals surface area (Å²) in [6.07, 6.45) is 1.66. The molecular formula is C16H12ClFN2O. The molecule has 0 fully saturated rings. The molecule has 1 aromatic heterocycles. The van der Waals surface area contributed by atoms with Crippen LogP contribution in [0, 0.1) is 5.82 Å². The Labute approximate surface area is 126 Å². The number of rotatable bonds is 4. The summed E-state index contributed by atoms with van der Waals surface area (Å²) in [4.78, 5) is 4.20. The van der Waals surface area contributed by atoms with Crippen LogP contribution in [-0.2, 0) is 6.54 Å². The number of hydrogen-bond donors (Lipinski definition) is 1. The zero-order valence-electron chi connectivity index (χ0n) is 11.0. The summed E-state index contributed by atoms with van der Waals surface area (Å²) >= 11 is 5.85. The molecule has 1 N–H and O–H groups in total. The van der Waals surface area contributed by atoms with Crippen molar-refractivity contribution in [3.63, 3.8) is 0 Å². The fourth-order valence-electron chi connectivity index (χ4n) is 1.92. The van der Waals surface area contributed by atoms with E-state index in [1.165, 1.54) is 12.1 Å². The Hall–Kier alpha value is -2.33. The molecule has 0 radical (unpaired) electrons. The minimum atomic E-state index is -0.283. The molecule has 21 heavy (non-hydrogen) atoms. The van der Waals surface area contributed by atoms with Crippen LogP contribution in [0.4, 0.5) is 10.1 Å². The van der Waals surface area contributed by atoms with Gasteiger partial charge < -0.3 is 9.73 Å². The summed E-state index contributed by atoms with van der Waals surface area (Å²) in [5, 5.41) is 3.73. The highest BCUT2D eigenvalue weighted by molar-refractivity contribution is 6.30. The van der Waals surface area contributed by atoms with Crippen LogP contribution in [0.3, 0.4) is 0 Å². The first kappa shape index (κ1) is 13.6. The Balaban J connectivity index is 1.69. The SMILES string of the molecule is Fc1cccc(NCc2ncc(-c3ccc(Cl)cc3)o2)c1. The second-order valence-electron chi connectivity index (χ2n) is 4.49. The molecule has 0 amide bonds. The van der Waals surface area contributed by atoms with Gasteiger partial charge in [0, 0.05) is 16.3 Å².